The molecule has 1 rings (SSSR count). The van der Waals surface area contributed by atoms with Crippen LogP contribution in [0.15, 0.2) is 5.38 Å². The number of hydrogen-bond acceptors (Lipinski definition) is 4. The summed E-state index contributed by atoms with van der Waals surface area (Å²) in [7, 11) is 0. The Morgan fingerprint density at radius 1 is 1.41 bits per heavy atom. The molecule has 7 heteroatoms. The van der Waals surface area contributed by atoms with Crippen LogP contribution in [0.25, 0.3) is 0 Å². The molecule has 0 aliphatic rings. The smallest absolute Gasteiger partial charge is 0.371 e. The van der Waals surface area contributed by atoms with Gasteiger partial charge in [0.2, 0.25) is 0 Å². The van der Waals surface area contributed by atoms with Gasteiger partial charge in [-0.05, 0) is 6.92 Å². The number of rotatable bonds is 7. The standard InChI is InChI=1S/C10H15F3N2OS/c1-8-15-9(6-17-8)2-3-14-4-5-16-7-10(11,12)13/h6,14H,2-5,7H2,1H3. The van der Waals surface area contributed by atoms with Gasteiger partial charge in [-0.1, -0.05) is 0 Å². The van der Waals surface area contributed by atoms with Gasteiger partial charge in [0.1, 0.15) is 6.61 Å². The number of nitrogens with one attached hydrogen (secondary N) is 1. The van der Waals surface area contributed by atoms with Crippen LogP contribution < -0.4 is 5.32 Å². The minimum absolute atomic E-state index is 0.0651. The fourth-order valence-corrected chi connectivity index (χ4v) is 1.84. The van der Waals surface area contributed by atoms with Crippen molar-refractivity contribution in [3.63, 3.8) is 0 Å². The lowest BCUT2D eigenvalue weighted by Crippen LogP contribution is -2.25. The molecule has 0 atom stereocenters. The lowest BCUT2D eigenvalue weighted by atomic mass is 10.3. The summed E-state index contributed by atoms with van der Waals surface area (Å²) < 4.78 is 39.6. The van der Waals surface area contributed by atoms with Gasteiger partial charge in [-0.3, -0.25) is 0 Å². The van der Waals surface area contributed by atoms with Crippen molar-refractivity contribution in [2.45, 2.75) is 19.5 Å². The number of thiazole rings is 1. The Hall–Kier alpha value is -0.660. The number of halogens is 3. The first-order chi connectivity index (χ1) is 7.97. The minimum Gasteiger partial charge on any atom is -0.371 e. The lowest BCUT2D eigenvalue weighted by molar-refractivity contribution is -0.173. The highest BCUT2D eigenvalue weighted by Crippen LogP contribution is 2.13. The molecule has 0 fully saturated rings. The molecule has 0 aliphatic heterocycles. The maximum atomic E-state index is 11.7. The first kappa shape index (κ1) is 14.4. The second kappa shape index (κ2) is 6.93. The summed E-state index contributed by atoms with van der Waals surface area (Å²) in [4.78, 5) is 4.28. The van der Waals surface area contributed by atoms with E-state index in [0.717, 1.165) is 17.1 Å². The highest BCUT2D eigenvalue weighted by atomic mass is 32.1. The molecular weight excluding hydrogens is 253 g/mol. The Labute approximate surface area is 102 Å². The van der Waals surface area contributed by atoms with Crippen molar-refractivity contribution >= 4 is 11.3 Å². The van der Waals surface area contributed by atoms with Crippen LogP contribution in [0.3, 0.4) is 0 Å². The summed E-state index contributed by atoms with van der Waals surface area (Å²) in [5.41, 5.74) is 1.01. The Morgan fingerprint density at radius 3 is 2.76 bits per heavy atom. The van der Waals surface area contributed by atoms with Gasteiger partial charge in [0.15, 0.2) is 0 Å². The SMILES string of the molecule is Cc1nc(CCNCCOCC(F)(F)F)cs1. The van der Waals surface area contributed by atoms with Crippen LogP contribution >= 0.6 is 11.3 Å². The van der Waals surface area contributed by atoms with Gasteiger partial charge in [0.05, 0.1) is 17.3 Å². The van der Waals surface area contributed by atoms with E-state index in [1.54, 1.807) is 11.3 Å². The first-order valence-electron chi connectivity index (χ1n) is 5.23. The zero-order chi connectivity index (χ0) is 12.7. The minimum atomic E-state index is -4.24. The van der Waals surface area contributed by atoms with Crippen LogP contribution in [0, 0.1) is 6.92 Å². The molecule has 0 radical (unpaired) electrons. The Kier molecular flexibility index (Phi) is 5.87. The van der Waals surface area contributed by atoms with Crippen molar-refractivity contribution in [1.82, 2.24) is 10.3 Å². The highest BCUT2D eigenvalue weighted by molar-refractivity contribution is 7.09. The summed E-state index contributed by atoms with van der Waals surface area (Å²) >= 11 is 1.59. The Morgan fingerprint density at radius 2 is 2.18 bits per heavy atom. The van der Waals surface area contributed by atoms with Crippen molar-refractivity contribution in [3.8, 4) is 0 Å². The molecule has 17 heavy (non-hydrogen) atoms. The Balaban J connectivity index is 1.95. The van der Waals surface area contributed by atoms with Gasteiger partial charge >= 0.3 is 6.18 Å². The maximum absolute atomic E-state index is 11.7. The molecule has 0 unspecified atom stereocenters. The second-order valence-electron chi connectivity index (χ2n) is 3.53. The fourth-order valence-electron chi connectivity index (χ4n) is 1.20. The van der Waals surface area contributed by atoms with Gasteiger partial charge in [-0.15, -0.1) is 11.3 Å². The zero-order valence-corrected chi connectivity index (χ0v) is 10.3. The van der Waals surface area contributed by atoms with Crippen molar-refractivity contribution in [3.05, 3.63) is 16.1 Å². The predicted molar refractivity (Wildman–Crippen MR) is 60.3 cm³/mol. The third-order valence-corrected chi connectivity index (χ3v) is 2.74. The van der Waals surface area contributed by atoms with E-state index in [-0.39, 0.29) is 6.61 Å². The van der Waals surface area contributed by atoms with Crippen LogP contribution in [0.1, 0.15) is 10.7 Å². The molecule has 0 bridgehead atoms. The summed E-state index contributed by atoms with van der Waals surface area (Å²) in [5.74, 6) is 0. The van der Waals surface area contributed by atoms with E-state index in [9.17, 15) is 13.2 Å². The van der Waals surface area contributed by atoms with Crippen LogP contribution in [-0.4, -0.2) is 37.5 Å². The first-order valence-corrected chi connectivity index (χ1v) is 6.11. The van der Waals surface area contributed by atoms with Gasteiger partial charge in [-0.25, -0.2) is 4.98 Å². The summed E-state index contributed by atoms with van der Waals surface area (Å²) in [6.45, 7) is 1.93. The molecule has 1 heterocycles. The topological polar surface area (TPSA) is 34.2 Å². The van der Waals surface area contributed by atoms with Crippen LogP contribution in [0.5, 0.6) is 0 Å². The van der Waals surface area contributed by atoms with Gasteiger partial charge < -0.3 is 10.1 Å². The van der Waals surface area contributed by atoms with E-state index in [2.05, 4.69) is 15.0 Å². The molecule has 0 aliphatic carbocycles. The molecule has 3 nitrogen and oxygen atoms in total. The maximum Gasteiger partial charge on any atom is 0.411 e. The van der Waals surface area contributed by atoms with Gasteiger partial charge in [0.25, 0.3) is 0 Å². The average molecular weight is 268 g/mol. The summed E-state index contributed by atoms with van der Waals surface area (Å²) in [5, 5.41) is 6.01. The molecule has 1 N–H and O–H groups in total. The molecule has 0 aromatic carbocycles. The number of aromatic nitrogens is 1. The molecule has 0 saturated carbocycles. The van der Waals surface area contributed by atoms with E-state index in [1.165, 1.54) is 0 Å². The molecule has 0 spiro atoms. The van der Waals surface area contributed by atoms with E-state index >= 15 is 0 Å². The number of nitrogens with zero attached hydrogens (tertiary/aromatic N) is 1. The molecule has 1 aromatic heterocycles. The summed E-state index contributed by atoms with van der Waals surface area (Å²) in [6, 6.07) is 0. The molecule has 98 valence electrons. The van der Waals surface area contributed by atoms with Crippen molar-refractivity contribution in [1.29, 1.82) is 0 Å². The van der Waals surface area contributed by atoms with E-state index < -0.39 is 12.8 Å². The molecule has 1 aromatic rings. The zero-order valence-electron chi connectivity index (χ0n) is 9.51. The van der Waals surface area contributed by atoms with Crippen LogP contribution in [-0.2, 0) is 11.2 Å². The summed E-state index contributed by atoms with van der Waals surface area (Å²) in [6.07, 6.45) is -3.46. The molecule has 0 amide bonds. The highest BCUT2D eigenvalue weighted by Gasteiger charge is 2.27. The fraction of sp³-hybridized carbons (Fsp3) is 0.700. The van der Waals surface area contributed by atoms with Gasteiger partial charge in [-0.2, -0.15) is 13.2 Å². The number of ether oxygens (including phenoxy) is 1. The van der Waals surface area contributed by atoms with Crippen LogP contribution in [0.2, 0.25) is 0 Å². The van der Waals surface area contributed by atoms with E-state index in [4.69, 9.17) is 0 Å². The van der Waals surface area contributed by atoms with E-state index in [0.29, 0.717) is 13.1 Å². The number of alkyl halides is 3. The third-order valence-electron chi connectivity index (χ3n) is 1.91. The normalized spacial score (nSPS) is 12.0. The average Bonchev–Trinajstić information content (AvgIpc) is 2.61. The van der Waals surface area contributed by atoms with E-state index in [1.807, 2.05) is 12.3 Å². The molecule has 0 saturated heterocycles. The largest absolute Gasteiger partial charge is 0.411 e. The monoisotopic (exact) mass is 268 g/mol. The number of aryl methyl sites for hydroxylation is 1. The van der Waals surface area contributed by atoms with Crippen molar-refractivity contribution in [2.75, 3.05) is 26.3 Å². The van der Waals surface area contributed by atoms with Crippen molar-refractivity contribution in [2.24, 2.45) is 0 Å². The second-order valence-corrected chi connectivity index (χ2v) is 4.59. The molecular formula is C10H15F3N2OS. The lowest BCUT2D eigenvalue weighted by Gasteiger charge is -2.07. The third kappa shape index (κ3) is 7.30. The predicted octanol–water partition coefficient (Wildman–Crippen LogP) is 2.16. The quantitative estimate of drug-likeness (QED) is 0.770. The Bertz CT molecular complexity index is 328. The van der Waals surface area contributed by atoms with Crippen LogP contribution in [0.4, 0.5) is 13.2 Å². The number of hydrogen-bond donors (Lipinski definition) is 1. The van der Waals surface area contributed by atoms with Crippen molar-refractivity contribution < 1.29 is 17.9 Å². The van der Waals surface area contributed by atoms with Gasteiger partial charge in [0, 0.05) is 24.9 Å².